The van der Waals surface area contributed by atoms with E-state index in [4.69, 9.17) is 4.74 Å². The highest BCUT2D eigenvalue weighted by Gasteiger charge is 2.40. The van der Waals surface area contributed by atoms with Gasteiger partial charge in [0.05, 0.1) is 11.3 Å². The number of likely N-dealkylation sites (tertiary alicyclic amines) is 1. The molecule has 3 aromatic rings. The summed E-state index contributed by atoms with van der Waals surface area (Å²) in [5.74, 6) is -0.562. The number of anilines is 1. The van der Waals surface area contributed by atoms with E-state index >= 15 is 0 Å². The Morgan fingerprint density at radius 2 is 1.72 bits per heavy atom. The Hall–Kier alpha value is -2.77. The molecule has 0 amide bonds. The van der Waals surface area contributed by atoms with Gasteiger partial charge in [0.1, 0.15) is 21.6 Å². The van der Waals surface area contributed by atoms with Gasteiger partial charge in [-0.15, -0.1) is 11.3 Å². The van der Waals surface area contributed by atoms with Gasteiger partial charge in [-0.2, -0.15) is 26.3 Å². The number of nitrogens with one attached hydrogen (secondary N) is 1. The minimum absolute atomic E-state index is 0.0354. The summed E-state index contributed by atoms with van der Waals surface area (Å²) in [6.07, 6.45) is -9.61. The topological polar surface area (TPSA) is 58.6 Å². The summed E-state index contributed by atoms with van der Waals surface area (Å²) >= 11 is 0.224. The van der Waals surface area contributed by atoms with Crippen molar-refractivity contribution in [2.45, 2.75) is 29.8 Å². The Labute approximate surface area is 207 Å². The zero-order chi connectivity index (χ0) is 26.3. The van der Waals surface area contributed by atoms with Crippen LogP contribution in [0.2, 0.25) is 0 Å². The number of rotatable bonds is 6. The second-order valence-electron chi connectivity index (χ2n) is 8.27. The molecule has 5 nitrogen and oxygen atoms in total. The van der Waals surface area contributed by atoms with Gasteiger partial charge in [-0.3, -0.25) is 4.72 Å². The summed E-state index contributed by atoms with van der Waals surface area (Å²) in [4.78, 5) is 0.145. The molecular weight excluding hydrogens is 530 g/mol. The lowest BCUT2D eigenvalue weighted by molar-refractivity contribution is -0.139. The monoisotopic (exact) mass is 550 g/mol. The van der Waals surface area contributed by atoms with Crippen molar-refractivity contribution in [3.8, 4) is 16.9 Å². The van der Waals surface area contributed by atoms with E-state index in [9.17, 15) is 34.8 Å². The Kier molecular flexibility index (Phi) is 7.01. The first-order chi connectivity index (χ1) is 16.8. The van der Waals surface area contributed by atoms with Gasteiger partial charge >= 0.3 is 12.4 Å². The zero-order valence-electron chi connectivity index (χ0n) is 18.7. The van der Waals surface area contributed by atoms with Gasteiger partial charge < -0.3 is 9.64 Å². The molecule has 0 saturated carbocycles. The number of ether oxygens (including phenoxy) is 1. The van der Waals surface area contributed by atoms with E-state index in [1.807, 2.05) is 4.90 Å². The Balaban J connectivity index is 1.73. The highest BCUT2D eigenvalue weighted by Crippen LogP contribution is 2.45. The molecule has 1 aliphatic heterocycles. The van der Waals surface area contributed by atoms with Crippen molar-refractivity contribution in [2.75, 3.05) is 24.9 Å². The third kappa shape index (κ3) is 5.62. The van der Waals surface area contributed by atoms with Gasteiger partial charge in [-0.25, -0.2) is 8.42 Å². The maximum Gasteiger partial charge on any atom is 0.426 e. The fraction of sp³-hybridized carbons (Fsp3) is 0.304. The zero-order valence-corrected chi connectivity index (χ0v) is 20.3. The molecule has 0 bridgehead atoms. The van der Waals surface area contributed by atoms with Crippen molar-refractivity contribution < 1.29 is 39.5 Å². The van der Waals surface area contributed by atoms with Gasteiger partial charge in [0.25, 0.3) is 10.0 Å². The van der Waals surface area contributed by atoms with Gasteiger partial charge in [-0.05, 0) is 31.2 Å². The molecule has 0 spiro atoms. The van der Waals surface area contributed by atoms with Crippen LogP contribution in [0.3, 0.4) is 0 Å². The van der Waals surface area contributed by atoms with Crippen LogP contribution in [0.4, 0.5) is 32.0 Å². The van der Waals surface area contributed by atoms with Crippen LogP contribution >= 0.6 is 11.3 Å². The van der Waals surface area contributed by atoms with Crippen LogP contribution in [0.5, 0.6) is 5.75 Å². The number of alkyl halides is 6. The van der Waals surface area contributed by atoms with Crippen LogP contribution in [0.1, 0.15) is 16.9 Å². The highest BCUT2D eigenvalue weighted by atomic mass is 32.2. The van der Waals surface area contributed by atoms with Gasteiger partial charge in [-0.1, -0.05) is 30.3 Å². The maximum atomic E-state index is 13.7. The fourth-order valence-electron chi connectivity index (χ4n) is 3.92. The van der Waals surface area contributed by atoms with Crippen LogP contribution in [0.25, 0.3) is 11.1 Å². The highest BCUT2D eigenvalue weighted by molar-refractivity contribution is 7.93. The lowest BCUT2D eigenvalue weighted by Crippen LogP contribution is -2.23. The molecule has 1 atom stereocenters. The molecule has 1 aliphatic rings. The Bertz CT molecular complexity index is 1340. The van der Waals surface area contributed by atoms with Gasteiger partial charge in [0, 0.05) is 30.1 Å². The first kappa shape index (κ1) is 26.3. The van der Waals surface area contributed by atoms with Crippen LogP contribution in [-0.2, 0) is 22.4 Å². The second kappa shape index (κ2) is 9.60. The molecule has 194 valence electrons. The average molecular weight is 551 g/mol. The van der Waals surface area contributed by atoms with Crippen molar-refractivity contribution in [3.05, 3.63) is 64.4 Å². The molecule has 0 radical (unpaired) electrons. The number of halogens is 6. The van der Waals surface area contributed by atoms with Crippen molar-refractivity contribution in [3.63, 3.8) is 0 Å². The summed E-state index contributed by atoms with van der Waals surface area (Å²) in [5, 5.41) is 0.864. The minimum Gasteiger partial charge on any atom is -0.488 e. The van der Waals surface area contributed by atoms with E-state index in [1.165, 1.54) is 24.3 Å². The van der Waals surface area contributed by atoms with Crippen molar-refractivity contribution in [1.29, 1.82) is 0 Å². The molecular formula is C23H20F6N2O3S2. The number of hydrogen-bond acceptors (Lipinski definition) is 5. The molecule has 1 saturated heterocycles. The van der Waals surface area contributed by atoms with Crippen molar-refractivity contribution in [1.82, 2.24) is 4.90 Å². The Morgan fingerprint density at radius 3 is 2.31 bits per heavy atom. The second-order valence-corrected chi connectivity index (χ2v) is 10.8. The number of hydrogen-bond donors (Lipinski definition) is 1. The SMILES string of the molecule is CN1CC[C@@H](Oc2cc(NS(=O)(=O)c3csc(C(F)(F)F)c3-c3ccccc3)ccc2C(F)(F)F)C1. The third-order valence-corrected chi connectivity index (χ3v) is 8.13. The normalized spacial score (nSPS) is 17.4. The Morgan fingerprint density at radius 1 is 1.03 bits per heavy atom. The van der Waals surface area contributed by atoms with Crippen LogP contribution in [-0.4, -0.2) is 39.6 Å². The predicted octanol–water partition coefficient (Wildman–Crippen LogP) is 6.34. The molecule has 4 rings (SSSR count). The number of likely N-dealkylation sites (N-methyl/N-ethyl adjacent to an activating group) is 1. The first-order valence-electron chi connectivity index (χ1n) is 10.6. The first-order valence-corrected chi connectivity index (χ1v) is 13.0. The van der Waals surface area contributed by atoms with E-state index in [-0.39, 0.29) is 22.6 Å². The molecule has 0 aliphatic carbocycles. The van der Waals surface area contributed by atoms with Gasteiger partial charge in [0.2, 0.25) is 0 Å². The van der Waals surface area contributed by atoms with E-state index in [0.29, 0.717) is 25.6 Å². The van der Waals surface area contributed by atoms with E-state index in [1.54, 1.807) is 13.1 Å². The number of nitrogens with zero attached hydrogens (tertiary/aromatic N) is 1. The molecule has 0 unspecified atom stereocenters. The van der Waals surface area contributed by atoms with E-state index < -0.39 is 55.1 Å². The lowest BCUT2D eigenvalue weighted by atomic mass is 10.1. The van der Waals surface area contributed by atoms with Crippen LogP contribution in [0, 0.1) is 0 Å². The lowest BCUT2D eigenvalue weighted by Gasteiger charge is -2.19. The molecule has 36 heavy (non-hydrogen) atoms. The summed E-state index contributed by atoms with van der Waals surface area (Å²) < 4.78 is 116. The largest absolute Gasteiger partial charge is 0.488 e. The summed E-state index contributed by atoms with van der Waals surface area (Å²) in [6, 6.07) is 9.68. The van der Waals surface area contributed by atoms with E-state index in [0.717, 1.165) is 17.5 Å². The molecule has 1 fully saturated rings. The predicted molar refractivity (Wildman–Crippen MR) is 124 cm³/mol. The number of thiophene rings is 1. The summed E-state index contributed by atoms with van der Waals surface area (Å²) in [7, 11) is -2.83. The van der Waals surface area contributed by atoms with Crippen LogP contribution < -0.4 is 9.46 Å². The van der Waals surface area contributed by atoms with Gasteiger partial charge in [0.15, 0.2) is 0 Å². The smallest absolute Gasteiger partial charge is 0.426 e. The quantitative estimate of drug-likeness (QED) is 0.364. The molecule has 2 aromatic carbocycles. The molecule has 13 heteroatoms. The minimum atomic E-state index is -4.81. The third-order valence-electron chi connectivity index (χ3n) is 5.55. The van der Waals surface area contributed by atoms with E-state index in [2.05, 4.69) is 4.72 Å². The summed E-state index contributed by atoms with van der Waals surface area (Å²) in [6.45, 7) is 1.02. The average Bonchev–Trinajstić information content (AvgIpc) is 3.40. The van der Waals surface area contributed by atoms with Crippen molar-refractivity contribution in [2.24, 2.45) is 0 Å². The number of benzene rings is 2. The maximum absolute atomic E-state index is 13.7. The number of sulfonamides is 1. The summed E-state index contributed by atoms with van der Waals surface area (Å²) in [5.41, 5.74) is -1.85. The molecule has 1 N–H and O–H groups in total. The standard InChI is InChI=1S/C23H20F6N2O3S2/c1-31-10-9-16(12-31)34-18-11-15(7-8-17(18)22(24,25)26)30-36(32,33)19-13-35-21(23(27,28)29)20(19)14-5-3-2-4-6-14/h2-8,11,13,16,30H,9-10,12H2,1H3/t16-/m1/s1. The van der Waals surface area contributed by atoms with Crippen molar-refractivity contribution >= 4 is 27.0 Å². The van der Waals surface area contributed by atoms with Crippen LogP contribution in [0.15, 0.2) is 58.8 Å². The molecule has 2 heterocycles. The fourth-order valence-corrected chi connectivity index (χ4v) is 6.50. The molecule has 1 aromatic heterocycles.